The molecule has 1 aliphatic rings. The van der Waals surface area contributed by atoms with Crippen LogP contribution in [0, 0.1) is 0 Å². The lowest BCUT2D eigenvalue weighted by molar-refractivity contribution is -0.0102. The molecular formula is C14H26N4O. The number of ether oxygens (including phenoxy) is 1. The van der Waals surface area contributed by atoms with Crippen molar-refractivity contribution < 1.29 is 4.74 Å². The lowest BCUT2D eigenvalue weighted by Gasteiger charge is -2.40. The standard InChI is InChI=1S/C14H26N4O/c1-13(2,3)18-15-11-12(16-18)10-14(4,5)17-6-8-19-9-7-17/h11H,6-10H2,1-5H3. The smallest absolute Gasteiger partial charge is 0.0845 e. The van der Waals surface area contributed by atoms with Crippen LogP contribution >= 0.6 is 0 Å². The molecule has 1 saturated heterocycles. The molecule has 108 valence electrons. The van der Waals surface area contributed by atoms with E-state index in [1.165, 1.54) is 0 Å². The van der Waals surface area contributed by atoms with Crippen LogP contribution < -0.4 is 0 Å². The van der Waals surface area contributed by atoms with Gasteiger partial charge in [0.25, 0.3) is 0 Å². The fourth-order valence-corrected chi connectivity index (χ4v) is 2.42. The van der Waals surface area contributed by atoms with Gasteiger partial charge in [0.15, 0.2) is 0 Å². The van der Waals surface area contributed by atoms with E-state index >= 15 is 0 Å². The fourth-order valence-electron chi connectivity index (χ4n) is 2.42. The average Bonchev–Trinajstić information content (AvgIpc) is 2.78. The van der Waals surface area contributed by atoms with Gasteiger partial charge < -0.3 is 4.74 Å². The summed E-state index contributed by atoms with van der Waals surface area (Å²) < 4.78 is 5.42. The summed E-state index contributed by atoms with van der Waals surface area (Å²) in [5.41, 5.74) is 1.11. The van der Waals surface area contributed by atoms with Crippen LogP contribution in [-0.2, 0) is 16.7 Å². The molecule has 0 unspecified atom stereocenters. The Balaban J connectivity index is 2.05. The number of hydrogen-bond donors (Lipinski definition) is 0. The van der Waals surface area contributed by atoms with Crippen molar-refractivity contribution in [2.75, 3.05) is 26.3 Å². The Hall–Kier alpha value is -0.940. The van der Waals surface area contributed by atoms with Crippen molar-refractivity contribution in [2.45, 2.75) is 52.1 Å². The SMILES string of the molecule is CC(C)(Cc1cnn(C(C)(C)C)n1)N1CCOCC1. The second-order valence-electron chi connectivity index (χ2n) is 6.88. The van der Waals surface area contributed by atoms with Gasteiger partial charge in [-0.15, -0.1) is 0 Å². The molecule has 0 N–H and O–H groups in total. The Bertz CT molecular complexity index is 413. The second-order valence-corrected chi connectivity index (χ2v) is 6.88. The third kappa shape index (κ3) is 3.54. The van der Waals surface area contributed by atoms with Crippen molar-refractivity contribution in [2.24, 2.45) is 0 Å². The van der Waals surface area contributed by atoms with E-state index in [2.05, 4.69) is 49.7 Å². The first-order chi connectivity index (χ1) is 8.79. The molecule has 0 radical (unpaired) electrons. The Labute approximate surface area is 115 Å². The highest BCUT2D eigenvalue weighted by Gasteiger charge is 2.29. The Morgan fingerprint density at radius 1 is 1.16 bits per heavy atom. The topological polar surface area (TPSA) is 43.2 Å². The predicted octanol–water partition coefficient (Wildman–Crippen LogP) is 1.69. The Morgan fingerprint density at radius 2 is 1.79 bits per heavy atom. The quantitative estimate of drug-likeness (QED) is 0.835. The molecule has 1 aliphatic heterocycles. The average molecular weight is 266 g/mol. The van der Waals surface area contributed by atoms with Crippen LogP contribution in [0.1, 0.15) is 40.3 Å². The molecule has 2 rings (SSSR count). The molecule has 19 heavy (non-hydrogen) atoms. The van der Waals surface area contributed by atoms with E-state index in [1.54, 1.807) is 4.80 Å². The molecule has 2 heterocycles. The van der Waals surface area contributed by atoms with Gasteiger partial charge in [0.05, 0.1) is 30.6 Å². The van der Waals surface area contributed by atoms with Crippen molar-refractivity contribution in [3.8, 4) is 0 Å². The minimum atomic E-state index is -0.0542. The zero-order valence-electron chi connectivity index (χ0n) is 12.8. The molecule has 0 aliphatic carbocycles. The first kappa shape index (κ1) is 14.5. The van der Waals surface area contributed by atoms with Crippen LogP contribution in [0.2, 0.25) is 0 Å². The summed E-state index contributed by atoms with van der Waals surface area (Å²) in [6.45, 7) is 14.6. The maximum atomic E-state index is 5.42. The van der Waals surface area contributed by atoms with E-state index in [0.717, 1.165) is 38.4 Å². The van der Waals surface area contributed by atoms with Crippen molar-refractivity contribution in [1.29, 1.82) is 0 Å². The predicted molar refractivity (Wildman–Crippen MR) is 75.2 cm³/mol. The Kier molecular flexibility index (Phi) is 3.97. The summed E-state index contributed by atoms with van der Waals surface area (Å²) in [4.78, 5) is 4.28. The summed E-state index contributed by atoms with van der Waals surface area (Å²) in [6, 6.07) is 0. The summed E-state index contributed by atoms with van der Waals surface area (Å²) in [6.07, 6.45) is 2.82. The minimum Gasteiger partial charge on any atom is -0.379 e. The van der Waals surface area contributed by atoms with Crippen molar-refractivity contribution in [3.05, 3.63) is 11.9 Å². The van der Waals surface area contributed by atoms with Gasteiger partial charge in [-0.1, -0.05) is 0 Å². The van der Waals surface area contributed by atoms with Crippen LogP contribution in [0.15, 0.2) is 6.20 Å². The highest BCUT2D eigenvalue weighted by molar-refractivity contribution is 5.01. The Morgan fingerprint density at radius 3 is 2.32 bits per heavy atom. The van der Waals surface area contributed by atoms with Gasteiger partial charge in [-0.25, -0.2) is 0 Å². The van der Waals surface area contributed by atoms with Gasteiger partial charge in [0.2, 0.25) is 0 Å². The molecule has 0 saturated carbocycles. The van der Waals surface area contributed by atoms with Gasteiger partial charge in [-0.3, -0.25) is 4.90 Å². The van der Waals surface area contributed by atoms with E-state index < -0.39 is 0 Å². The van der Waals surface area contributed by atoms with Crippen molar-refractivity contribution in [3.63, 3.8) is 0 Å². The van der Waals surface area contributed by atoms with E-state index in [9.17, 15) is 0 Å². The molecule has 0 bridgehead atoms. The third-order valence-corrected chi connectivity index (χ3v) is 3.62. The van der Waals surface area contributed by atoms with E-state index in [0.29, 0.717) is 0 Å². The highest BCUT2D eigenvalue weighted by atomic mass is 16.5. The van der Waals surface area contributed by atoms with E-state index in [1.807, 2.05) is 6.20 Å². The number of rotatable bonds is 3. The van der Waals surface area contributed by atoms with E-state index in [4.69, 9.17) is 4.74 Å². The molecular weight excluding hydrogens is 240 g/mol. The maximum Gasteiger partial charge on any atom is 0.0845 e. The summed E-state index contributed by atoms with van der Waals surface area (Å²) in [5, 5.41) is 8.99. The largest absolute Gasteiger partial charge is 0.379 e. The van der Waals surface area contributed by atoms with Crippen LogP contribution in [0.3, 0.4) is 0 Å². The monoisotopic (exact) mass is 266 g/mol. The first-order valence-corrected chi connectivity index (χ1v) is 7.03. The molecule has 5 nitrogen and oxygen atoms in total. The minimum absolute atomic E-state index is 0.0542. The zero-order valence-corrected chi connectivity index (χ0v) is 12.8. The lowest BCUT2D eigenvalue weighted by Crippen LogP contribution is -2.51. The number of aromatic nitrogens is 3. The molecule has 1 aromatic rings. The lowest BCUT2D eigenvalue weighted by atomic mass is 9.96. The van der Waals surface area contributed by atoms with Crippen LogP contribution in [-0.4, -0.2) is 51.7 Å². The first-order valence-electron chi connectivity index (χ1n) is 7.03. The number of hydrogen-bond acceptors (Lipinski definition) is 4. The molecule has 1 aromatic heterocycles. The van der Waals surface area contributed by atoms with Crippen LogP contribution in [0.4, 0.5) is 0 Å². The molecule has 5 heteroatoms. The molecule has 0 amide bonds. The highest BCUT2D eigenvalue weighted by Crippen LogP contribution is 2.21. The molecule has 0 spiro atoms. The van der Waals surface area contributed by atoms with Gasteiger partial charge >= 0.3 is 0 Å². The zero-order chi connectivity index (χ0) is 14.1. The van der Waals surface area contributed by atoms with Crippen LogP contribution in [0.25, 0.3) is 0 Å². The number of morpholine rings is 1. The molecule has 1 fully saturated rings. The summed E-state index contributed by atoms with van der Waals surface area (Å²) in [7, 11) is 0. The molecule has 0 atom stereocenters. The fraction of sp³-hybridized carbons (Fsp3) is 0.857. The maximum absolute atomic E-state index is 5.42. The van der Waals surface area contributed by atoms with Gasteiger partial charge in [0.1, 0.15) is 0 Å². The summed E-state index contributed by atoms with van der Waals surface area (Å²) >= 11 is 0. The normalized spacial score (nSPS) is 18.8. The van der Waals surface area contributed by atoms with E-state index in [-0.39, 0.29) is 11.1 Å². The second kappa shape index (κ2) is 5.21. The van der Waals surface area contributed by atoms with Gasteiger partial charge in [-0.05, 0) is 34.6 Å². The van der Waals surface area contributed by atoms with Crippen LogP contribution in [0.5, 0.6) is 0 Å². The third-order valence-electron chi connectivity index (χ3n) is 3.62. The van der Waals surface area contributed by atoms with Gasteiger partial charge in [0, 0.05) is 25.0 Å². The van der Waals surface area contributed by atoms with Gasteiger partial charge in [-0.2, -0.15) is 15.0 Å². The number of nitrogens with zero attached hydrogens (tertiary/aromatic N) is 4. The summed E-state index contributed by atoms with van der Waals surface area (Å²) in [5.74, 6) is 0. The molecule has 0 aromatic carbocycles. The van der Waals surface area contributed by atoms with Crippen molar-refractivity contribution >= 4 is 0 Å². The van der Waals surface area contributed by atoms with Crippen molar-refractivity contribution in [1.82, 2.24) is 19.9 Å².